The quantitative estimate of drug-likeness (QED) is 0.631. The number of carbonyl (C=O) groups is 2. The van der Waals surface area contributed by atoms with E-state index in [0.29, 0.717) is 0 Å². The number of benzene rings is 1. The van der Waals surface area contributed by atoms with E-state index in [9.17, 15) is 0 Å². The van der Waals surface area contributed by atoms with Crippen LogP contribution in [0.2, 0.25) is 0 Å². The van der Waals surface area contributed by atoms with Gasteiger partial charge in [-0.3, -0.25) is 0 Å². The van der Waals surface area contributed by atoms with E-state index >= 15 is 0 Å². The van der Waals surface area contributed by atoms with Crippen molar-refractivity contribution in [2.45, 2.75) is 13.0 Å². The summed E-state index contributed by atoms with van der Waals surface area (Å²) in [6.07, 6.45) is 1.12. The highest BCUT2D eigenvalue weighted by molar-refractivity contribution is 6.27. The average Bonchev–Trinajstić information content (AvgIpc) is 2.38. The molecule has 0 amide bonds. The number of fused-ring (bicyclic) bond motifs is 1. The van der Waals surface area contributed by atoms with Crippen molar-refractivity contribution in [3.8, 4) is 5.75 Å². The lowest BCUT2D eigenvalue weighted by Gasteiger charge is -2.17. The molecule has 0 radical (unpaired) electrons. The summed E-state index contributed by atoms with van der Waals surface area (Å²) < 4.78 is 5.16. The first-order valence-corrected chi connectivity index (χ1v) is 5.37. The fraction of sp³-hybridized carbons (Fsp3) is 0.333. The highest BCUT2D eigenvalue weighted by atomic mass is 16.5. The highest BCUT2D eigenvalue weighted by Gasteiger charge is 2.08. The molecule has 0 aliphatic carbocycles. The van der Waals surface area contributed by atoms with Gasteiger partial charge in [-0.1, -0.05) is 6.07 Å². The average molecular weight is 253 g/mol. The first-order valence-electron chi connectivity index (χ1n) is 5.37. The molecule has 0 bridgehead atoms. The Balaban J connectivity index is 0.000000232. The van der Waals surface area contributed by atoms with Crippen LogP contribution in [0.1, 0.15) is 11.1 Å². The van der Waals surface area contributed by atoms with E-state index in [1.54, 1.807) is 7.11 Å². The smallest absolute Gasteiger partial charge is 0.414 e. The van der Waals surface area contributed by atoms with Crippen molar-refractivity contribution in [2.24, 2.45) is 0 Å². The lowest BCUT2D eigenvalue weighted by Crippen LogP contribution is -2.23. The maximum atomic E-state index is 9.10. The topological polar surface area (TPSA) is 95.9 Å². The van der Waals surface area contributed by atoms with Gasteiger partial charge in [0.15, 0.2) is 0 Å². The van der Waals surface area contributed by atoms with Crippen molar-refractivity contribution in [3.63, 3.8) is 0 Å². The van der Waals surface area contributed by atoms with Crippen LogP contribution in [0.15, 0.2) is 18.2 Å². The van der Waals surface area contributed by atoms with Crippen LogP contribution in [0.25, 0.3) is 0 Å². The van der Waals surface area contributed by atoms with Gasteiger partial charge in [-0.25, -0.2) is 9.59 Å². The Morgan fingerprint density at radius 2 is 1.89 bits per heavy atom. The third-order valence-electron chi connectivity index (χ3n) is 2.48. The van der Waals surface area contributed by atoms with Crippen LogP contribution < -0.4 is 10.1 Å². The molecule has 0 spiro atoms. The van der Waals surface area contributed by atoms with Gasteiger partial charge in [-0.15, -0.1) is 0 Å². The number of rotatable bonds is 1. The monoisotopic (exact) mass is 253 g/mol. The lowest BCUT2D eigenvalue weighted by atomic mass is 10.0. The first kappa shape index (κ1) is 14.0. The molecule has 1 aliphatic heterocycles. The van der Waals surface area contributed by atoms with Gasteiger partial charge in [-0.2, -0.15) is 0 Å². The summed E-state index contributed by atoms with van der Waals surface area (Å²) in [5.74, 6) is -2.68. The van der Waals surface area contributed by atoms with Gasteiger partial charge >= 0.3 is 11.9 Å². The molecule has 0 saturated carbocycles. The number of ether oxygens (including phenoxy) is 1. The largest absolute Gasteiger partial charge is 0.497 e. The van der Waals surface area contributed by atoms with Crippen LogP contribution in [0.4, 0.5) is 0 Å². The summed E-state index contributed by atoms with van der Waals surface area (Å²) in [7, 11) is 1.71. The predicted molar refractivity (Wildman–Crippen MR) is 63.7 cm³/mol. The second-order valence-electron chi connectivity index (χ2n) is 3.67. The van der Waals surface area contributed by atoms with Gasteiger partial charge in [0.2, 0.25) is 0 Å². The molecule has 2 rings (SSSR count). The Morgan fingerprint density at radius 3 is 2.44 bits per heavy atom. The molecule has 1 aromatic rings. The molecule has 6 heteroatoms. The number of carboxylic acids is 2. The molecule has 0 saturated heterocycles. The van der Waals surface area contributed by atoms with Gasteiger partial charge in [0.1, 0.15) is 5.75 Å². The normalized spacial score (nSPS) is 12.7. The van der Waals surface area contributed by atoms with Crippen LogP contribution in [0.3, 0.4) is 0 Å². The van der Waals surface area contributed by atoms with Crippen molar-refractivity contribution >= 4 is 11.9 Å². The summed E-state index contributed by atoms with van der Waals surface area (Å²) in [6.45, 7) is 2.08. The SMILES string of the molecule is COc1ccc2c(c1)CCNC2.O=C(O)C(=O)O. The minimum atomic E-state index is -1.82. The molecule has 6 nitrogen and oxygen atoms in total. The summed E-state index contributed by atoms with van der Waals surface area (Å²) >= 11 is 0. The van der Waals surface area contributed by atoms with Crippen molar-refractivity contribution in [1.82, 2.24) is 5.32 Å². The third-order valence-corrected chi connectivity index (χ3v) is 2.48. The molecule has 1 aliphatic rings. The Kier molecular flexibility index (Phi) is 5.13. The molecule has 0 unspecified atom stereocenters. The molecule has 3 N–H and O–H groups in total. The van der Waals surface area contributed by atoms with E-state index in [-0.39, 0.29) is 0 Å². The van der Waals surface area contributed by atoms with Crippen LogP contribution in [-0.2, 0) is 22.6 Å². The second-order valence-corrected chi connectivity index (χ2v) is 3.67. The Bertz CT molecular complexity index is 432. The molecule has 1 aromatic carbocycles. The van der Waals surface area contributed by atoms with E-state index in [1.807, 2.05) is 6.07 Å². The number of carboxylic acid groups (broad SMARTS) is 2. The van der Waals surface area contributed by atoms with Gasteiger partial charge in [0.25, 0.3) is 0 Å². The summed E-state index contributed by atoms with van der Waals surface area (Å²) in [5, 5.41) is 18.1. The Labute approximate surface area is 104 Å². The summed E-state index contributed by atoms with van der Waals surface area (Å²) in [6, 6.07) is 6.29. The van der Waals surface area contributed by atoms with E-state index < -0.39 is 11.9 Å². The van der Waals surface area contributed by atoms with E-state index in [4.69, 9.17) is 24.5 Å². The molecule has 0 fully saturated rings. The molecule has 0 atom stereocenters. The third kappa shape index (κ3) is 4.06. The zero-order valence-corrected chi connectivity index (χ0v) is 9.97. The Hall–Kier alpha value is -2.08. The summed E-state index contributed by atoms with van der Waals surface area (Å²) in [5.41, 5.74) is 2.83. The minimum absolute atomic E-state index is 0.968. The predicted octanol–water partition coefficient (Wildman–Crippen LogP) is 0.496. The van der Waals surface area contributed by atoms with Gasteiger partial charge < -0.3 is 20.3 Å². The van der Waals surface area contributed by atoms with Crippen molar-refractivity contribution < 1.29 is 24.5 Å². The molecule has 1 heterocycles. The number of nitrogens with one attached hydrogen (secondary N) is 1. The maximum absolute atomic E-state index is 9.10. The molecule has 0 aromatic heterocycles. The number of hydrogen-bond donors (Lipinski definition) is 3. The zero-order chi connectivity index (χ0) is 13.5. The molecular formula is C12H15NO5. The maximum Gasteiger partial charge on any atom is 0.414 e. The molecular weight excluding hydrogens is 238 g/mol. The zero-order valence-electron chi connectivity index (χ0n) is 9.97. The molecule has 98 valence electrons. The van der Waals surface area contributed by atoms with Gasteiger partial charge in [-0.05, 0) is 36.2 Å². The van der Waals surface area contributed by atoms with Crippen LogP contribution in [0.5, 0.6) is 5.75 Å². The van der Waals surface area contributed by atoms with Crippen molar-refractivity contribution in [1.29, 1.82) is 0 Å². The van der Waals surface area contributed by atoms with E-state index in [1.165, 1.54) is 11.1 Å². The van der Waals surface area contributed by atoms with E-state index in [0.717, 1.165) is 25.3 Å². The Morgan fingerprint density at radius 1 is 1.22 bits per heavy atom. The molecule has 18 heavy (non-hydrogen) atoms. The fourth-order valence-corrected chi connectivity index (χ4v) is 1.58. The van der Waals surface area contributed by atoms with E-state index in [2.05, 4.69) is 17.4 Å². The lowest BCUT2D eigenvalue weighted by molar-refractivity contribution is -0.159. The van der Waals surface area contributed by atoms with Crippen molar-refractivity contribution in [2.75, 3.05) is 13.7 Å². The fourth-order valence-electron chi connectivity index (χ4n) is 1.58. The second kappa shape index (κ2) is 6.61. The van der Waals surface area contributed by atoms with Crippen LogP contribution >= 0.6 is 0 Å². The number of aliphatic carboxylic acids is 2. The minimum Gasteiger partial charge on any atom is -0.497 e. The van der Waals surface area contributed by atoms with Crippen LogP contribution in [-0.4, -0.2) is 35.8 Å². The summed E-state index contributed by atoms with van der Waals surface area (Å²) in [4.78, 5) is 18.2. The van der Waals surface area contributed by atoms with Gasteiger partial charge in [0.05, 0.1) is 7.11 Å². The highest BCUT2D eigenvalue weighted by Crippen LogP contribution is 2.19. The standard InChI is InChI=1S/C10H13NO.C2H2O4/c1-12-10-3-2-9-7-11-5-4-8(9)6-10;3-1(4)2(5)6/h2-3,6,11H,4-5,7H2,1H3;(H,3,4)(H,5,6). The number of methoxy groups -OCH3 is 1. The first-order chi connectivity index (χ1) is 8.54. The van der Waals surface area contributed by atoms with Gasteiger partial charge in [0, 0.05) is 6.54 Å². The van der Waals surface area contributed by atoms with Crippen LogP contribution in [0, 0.1) is 0 Å². The number of hydrogen-bond acceptors (Lipinski definition) is 4. The van der Waals surface area contributed by atoms with Crippen molar-refractivity contribution in [3.05, 3.63) is 29.3 Å².